The van der Waals surface area contributed by atoms with Crippen LogP contribution in [0.3, 0.4) is 0 Å². The van der Waals surface area contributed by atoms with Crippen LogP contribution < -0.4 is 0 Å². The number of nitrogens with zero attached hydrogens (tertiary/aromatic N) is 1. The Hall–Kier alpha value is -0.550. The molecule has 1 aliphatic heterocycles. The van der Waals surface area contributed by atoms with Gasteiger partial charge in [0.05, 0.1) is 6.67 Å². The third-order valence-corrected chi connectivity index (χ3v) is 4.15. The lowest BCUT2D eigenvalue weighted by Gasteiger charge is -2.24. The van der Waals surface area contributed by atoms with E-state index >= 15 is 0 Å². The molecule has 5 heteroatoms. The summed E-state index contributed by atoms with van der Waals surface area (Å²) in [5.74, 6) is -3.49. The van der Waals surface area contributed by atoms with E-state index in [1.54, 1.807) is 12.1 Å². The zero-order valence-corrected chi connectivity index (χ0v) is 12.2. The summed E-state index contributed by atoms with van der Waals surface area (Å²) < 4.78 is 41.6. The first-order valence-corrected chi connectivity index (χ1v) is 7.25. The number of hydrogen-bond donors (Lipinski definition) is 0. The molecule has 1 aromatic rings. The van der Waals surface area contributed by atoms with Crippen molar-refractivity contribution in [1.29, 1.82) is 0 Å². The van der Waals surface area contributed by atoms with Crippen molar-refractivity contribution >= 4 is 15.9 Å². The summed E-state index contributed by atoms with van der Waals surface area (Å²) >= 11 is 3.25. The molecule has 1 aromatic carbocycles. The molecule has 1 nitrogen and oxygen atoms in total. The van der Waals surface area contributed by atoms with Crippen LogP contribution in [0.25, 0.3) is 0 Å². The second kappa shape index (κ2) is 6.27. The second-order valence-corrected chi connectivity index (χ2v) is 5.87. The smallest absolute Gasteiger partial charge is 0.277 e. The molecule has 0 aromatic heterocycles. The summed E-state index contributed by atoms with van der Waals surface area (Å²) in [4.78, 5) is 1.93. The molecule has 0 amide bonds. The van der Waals surface area contributed by atoms with Gasteiger partial charge in [-0.2, -0.15) is 0 Å². The predicted molar refractivity (Wildman–Crippen MR) is 73.2 cm³/mol. The van der Waals surface area contributed by atoms with Crippen LogP contribution in [0, 0.1) is 5.92 Å². The third-order valence-electron chi connectivity index (χ3n) is 3.62. The Morgan fingerprint density at radius 3 is 2.58 bits per heavy atom. The molecular weight excluding hydrogens is 319 g/mol. The van der Waals surface area contributed by atoms with Crippen molar-refractivity contribution in [1.82, 2.24) is 4.90 Å². The standard InChI is InChI=1S/C14H17BrF3N/c15-13-4-2-11(3-5-13)14(17,18)12-6-9-19(10-12)8-1-7-16/h2-5,12H,1,6-10H2/t12-/m0/s1. The van der Waals surface area contributed by atoms with Gasteiger partial charge >= 0.3 is 0 Å². The van der Waals surface area contributed by atoms with Crippen LogP contribution in [0.15, 0.2) is 28.7 Å². The van der Waals surface area contributed by atoms with Crippen LogP contribution in [0.5, 0.6) is 0 Å². The number of hydrogen-bond acceptors (Lipinski definition) is 1. The molecule has 19 heavy (non-hydrogen) atoms. The molecule has 0 aliphatic carbocycles. The summed E-state index contributed by atoms with van der Waals surface area (Å²) in [5.41, 5.74) is 0.0630. The van der Waals surface area contributed by atoms with Gasteiger partial charge in [0.2, 0.25) is 0 Å². The first kappa shape index (κ1) is 14.9. The van der Waals surface area contributed by atoms with E-state index in [0.29, 0.717) is 32.5 Å². The Balaban J connectivity index is 2.02. The van der Waals surface area contributed by atoms with Crippen molar-refractivity contribution in [3.8, 4) is 0 Å². The van der Waals surface area contributed by atoms with Crippen molar-refractivity contribution in [3.63, 3.8) is 0 Å². The van der Waals surface area contributed by atoms with Gasteiger partial charge < -0.3 is 4.90 Å². The summed E-state index contributed by atoms with van der Waals surface area (Å²) in [6, 6.07) is 6.21. The lowest BCUT2D eigenvalue weighted by Crippen LogP contribution is -2.30. The molecule has 106 valence electrons. The van der Waals surface area contributed by atoms with Crippen LogP contribution in [0.1, 0.15) is 18.4 Å². The topological polar surface area (TPSA) is 3.24 Å². The third kappa shape index (κ3) is 3.51. The van der Waals surface area contributed by atoms with E-state index in [-0.39, 0.29) is 12.2 Å². The SMILES string of the molecule is FCCCN1CC[C@H](C(F)(F)c2ccc(Br)cc2)C1. The van der Waals surface area contributed by atoms with Gasteiger partial charge in [0.25, 0.3) is 5.92 Å². The van der Waals surface area contributed by atoms with Crippen molar-refractivity contribution in [3.05, 3.63) is 34.3 Å². The molecule has 0 saturated carbocycles. The molecule has 1 saturated heterocycles. The van der Waals surface area contributed by atoms with Gasteiger partial charge in [-0.3, -0.25) is 4.39 Å². The van der Waals surface area contributed by atoms with Crippen molar-refractivity contribution in [2.75, 3.05) is 26.3 Å². The molecule has 1 fully saturated rings. The maximum Gasteiger partial charge on any atom is 0.277 e. The van der Waals surface area contributed by atoms with E-state index in [1.165, 1.54) is 12.1 Å². The van der Waals surface area contributed by atoms with E-state index in [4.69, 9.17) is 0 Å². The highest BCUT2D eigenvalue weighted by Crippen LogP contribution is 2.41. The fourth-order valence-electron chi connectivity index (χ4n) is 2.52. The zero-order valence-electron chi connectivity index (χ0n) is 10.6. The van der Waals surface area contributed by atoms with Gasteiger partial charge in [-0.25, -0.2) is 8.78 Å². The van der Waals surface area contributed by atoms with E-state index in [9.17, 15) is 13.2 Å². The fourth-order valence-corrected chi connectivity index (χ4v) is 2.79. The van der Waals surface area contributed by atoms with Gasteiger partial charge in [-0.15, -0.1) is 0 Å². The maximum atomic E-state index is 14.4. The Labute approximate surface area is 119 Å². The summed E-state index contributed by atoms with van der Waals surface area (Å²) in [6.45, 7) is 1.17. The molecule has 1 aliphatic rings. The molecule has 1 heterocycles. The Morgan fingerprint density at radius 2 is 1.95 bits per heavy atom. The van der Waals surface area contributed by atoms with Crippen molar-refractivity contribution < 1.29 is 13.2 Å². The molecule has 0 radical (unpaired) electrons. The molecule has 1 atom stereocenters. The molecule has 2 rings (SSSR count). The van der Waals surface area contributed by atoms with Gasteiger partial charge in [0, 0.05) is 29.0 Å². The van der Waals surface area contributed by atoms with E-state index in [0.717, 1.165) is 4.47 Å². The highest BCUT2D eigenvalue weighted by molar-refractivity contribution is 9.10. The molecule has 0 spiro atoms. The quantitative estimate of drug-likeness (QED) is 0.778. The Kier molecular flexibility index (Phi) is 4.90. The highest BCUT2D eigenvalue weighted by Gasteiger charge is 2.44. The van der Waals surface area contributed by atoms with E-state index in [2.05, 4.69) is 15.9 Å². The Morgan fingerprint density at radius 1 is 1.26 bits per heavy atom. The molecule has 0 N–H and O–H groups in total. The summed E-state index contributed by atoms with van der Waals surface area (Å²) in [5, 5.41) is 0. The number of likely N-dealkylation sites (tertiary alicyclic amines) is 1. The first-order valence-electron chi connectivity index (χ1n) is 6.46. The number of rotatable bonds is 5. The number of halogens is 4. The summed E-state index contributed by atoms with van der Waals surface area (Å²) in [7, 11) is 0. The van der Waals surface area contributed by atoms with Gasteiger partial charge in [0.15, 0.2) is 0 Å². The molecular formula is C14H17BrF3N. The molecule has 0 unspecified atom stereocenters. The lowest BCUT2D eigenvalue weighted by molar-refractivity contribution is -0.0609. The lowest BCUT2D eigenvalue weighted by atomic mass is 9.94. The summed E-state index contributed by atoms with van der Waals surface area (Å²) in [6.07, 6.45) is 0.895. The monoisotopic (exact) mass is 335 g/mol. The minimum absolute atomic E-state index is 0.0630. The Bertz CT molecular complexity index is 408. The van der Waals surface area contributed by atoms with Crippen LogP contribution in [-0.4, -0.2) is 31.2 Å². The minimum atomic E-state index is -2.81. The van der Waals surface area contributed by atoms with E-state index < -0.39 is 11.8 Å². The van der Waals surface area contributed by atoms with Crippen molar-refractivity contribution in [2.45, 2.75) is 18.8 Å². The highest BCUT2D eigenvalue weighted by atomic mass is 79.9. The van der Waals surface area contributed by atoms with Crippen LogP contribution in [0.4, 0.5) is 13.2 Å². The van der Waals surface area contributed by atoms with Crippen LogP contribution in [-0.2, 0) is 5.92 Å². The van der Waals surface area contributed by atoms with Crippen LogP contribution >= 0.6 is 15.9 Å². The largest absolute Gasteiger partial charge is 0.303 e. The average Bonchev–Trinajstić information content (AvgIpc) is 2.86. The number of alkyl halides is 3. The molecule has 0 bridgehead atoms. The number of benzene rings is 1. The van der Waals surface area contributed by atoms with Gasteiger partial charge in [-0.1, -0.05) is 28.1 Å². The van der Waals surface area contributed by atoms with Gasteiger partial charge in [0.1, 0.15) is 0 Å². The normalized spacial score (nSPS) is 20.9. The minimum Gasteiger partial charge on any atom is -0.303 e. The average molecular weight is 336 g/mol. The second-order valence-electron chi connectivity index (χ2n) is 4.96. The fraction of sp³-hybridized carbons (Fsp3) is 0.571. The predicted octanol–water partition coefficient (Wildman–Crippen LogP) is 4.22. The maximum absolute atomic E-state index is 14.4. The first-order chi connectivity index (χ1) is 9.04. The zero-order chi connectivity index (χ0) is 13.9. The van der Waals surface area contributed by atoms with Gasteiger partial charge in [-0.05, 0) is 31.5 Å². The van der Waals surface area contributed by atoms with E-state index in [1.807, 2.05) is 4.90 Å². The van der Waals surface area contributed by atoms with Crippen LogP contribution in [0.2, 0.25) is 0 Å². The van der Waals surface area contributed by atoms with Crippen molar-refractivity contribution in [2.24, 2.45) is 5.92 Å².